The molecule has 4 nitrogen and oxygen atoms in total. The zero-order valence-electron chi connectivity index (χ0n) is 12.4. The van der Waals surface area contributed by atoms with Crippen LogP contribution in [0.1, 0.15) is 32.8 Å². The second kappa shape index (κ2) is 9.61. The number of ether oxygens (including phenoxy) is 1. The molecule has 0 aliphatic carbocycles. The lowest BCUT2D eigenvalue weighted by Gasteiger charge is -2.19. The lowest BCUT2D eigenvalue weighted by atomic mass is 10.2. The van der Waals surface area contributed by atoms with Crippen LogP contribution in [0.5, 0.6) is 0 Å². The fourth-order valence-corrected chi connectivity index (χ4v) is 1.55. The van der Waals surface area contributed by atoms with Gasteiger partial charge >= 0.3 is 6.09 Å². The number of rotatable bonds is 6. The zero-order valence-corrected chi connectivity index (χ0v) is 13.3. The van der Waals surface area contributed by atoms with Gasteiger partial charge < -0.3 is 15.4 Å². The first-order valence-electron chi connectivity index (χ1n) is 6.69. The average molecular weight is 301 g/mol. The Labute approximate surface area is 127 Å². The van der Waals surface area contributed by atoms with E-state index in [4.69, 9.17) is 4.74 Å². The fraction of sp³-hybridized carbons (Fsp3) is 0.533. The molecular weight excluding hydrogens is 276 g/mol. The van der Waals surface area contributed by atoms with E-state index in [9.17, 15) is 4.79 Å². The van der Waals surface area contributed by atoms with Crippen LogP contribution in [0, 0.1) is 0 Å². The molecule has 0 spiro atoms. The van der Waals surface area contributed by atoms with Crippen LogP contribution < -0.4 is 10.6 Å². The van der Waals surface area contributed by atoms with Crippen molar-refractivity contribution in [2.45, 2.75) is 39.3 Å². The highest BCUT2D eigenvalue weighted by Crippen LogP contribution is 2.06. The average Bonchev–Trinajstić information content (AvgIpc) is 2.32. The van der Waals surface area contributed by atoms with Crippen LogP contribution in [-0.4, -0.2) is 24.8 Å². The number of carbonyl (C=O) groups excluding carboxylic acids is 1. The summed E-state index contributed by atoms with van der Waals surface area (Å²) in [4.78, 5) is 11.4. The number of benzene rings is 1. The first-order valence-corrected chi connectivity index (χ1v) is 6.69. The summed E-state index contributed by atoms with van der Waals surface area (Å²) in [6.07, 6.45) is 0.530. The minimum Gasteiger partial charge on any atom is -0.444 e. The number of halogens is 1. The van der Waals surface area contributed by atoms with Crippen molar-refractivity contribution in [1.29, 1.82) is 0 Å². The van der Waals surface area contributed by atoms with Gasteiger partial charge in [0.2, 0.25) is 0 Å². The molecule has 114 valence electrons. The quantitative estimate of drug-likeness (QED) is 0.794. The standard InChI is InChI=1S/C15H24N2O2.ClH/c1-15(2,3)19-14(18)17-11-7-10-16-12-13-8-5-4-6-9-13;/h4-6,8-9,16H,7,10-12H2,1-3H3,(H,17,18);1H. The number of hydrogen-bond donors (Lipinski definition) is 2. The maximum atomic E-state index is 11.4. The number of hydrogen-bond acceptors (Lipinski definition) is 3. The minimum atomic E-state index is -0.435. The van der Waals surface area contributed by atoms with Gasteiger partial charge in [-0.2, -0.15) is 0 Å². The van der Waals surface area contributed by atoms with Gasteiger partial charge in [-0.05, 0) is 39.3 Å². The normalized spacial score (nSPS) is 10.6. The van der Waals surface area contributed by atoms with Crippen LogP contribution in [-0.2, 0) is 11.3 Å². The molecule has 20 heavy (non-hydrogen) atoms. The van der Waals surface area contributed by atoms with Crippen molar-refractivity contribution in [3.63, 3.8) is 0 Å². The smallest absolute Gasteiger partial charge is 0.407 e. The van der Waals surface area contributed by atoms with Crippen molar-refractivity contribution in [3.8, 4) is 0 Å². The molecule has 0 bridgehead atoms. The third-order valence-electron chi connectivity index (χ3n) is 2.37. The first kappa shape index (κ1) is 18.7. The van der Waals surface area contributed by atoms with Crippen LogP contribution in [0.25, 0.3) is 0 Å². The Morgan fingerprint density at radius 2 is 1.80 bits per heavy atom. The van der Waals surface area contributed by atoms with E-state index in [0.29, 0.717) is 6.54 Å². The Bertz CT molecular complexity index is 377. The Morgan fingerprint density at radius 1 is 1.15 bits per heavy atom. The van der Waals surface area contributed by atoms with Gasteiger partial charge in [-0.3, -0.25) is 0 Å². The topological polar surface area (TPSA) is 50.4 Å². The molecular formula is C15H25ClN2O2. The third-order valence-corrected chi connectivity index (χ3v) is 2.37. The number of carbonyl (C=O) groups is 1. The summed E-state index contributed by atoms with van der Waals surface area (Å²) in [6.45, 7) is 7.91. The lowest BCUT2D eigenvalue weighted by Crippen LogP contribution is -2.33. The van der Waals surface area contributed by atoms with Crippen molar-refractivity contribution in [2.24, 2.45) is 0 Å². The molecule has 1 amide bonds. The summed E-state index contributed by atoms with van der Waals surface area (Å²) in [5, 5.41) is 6.07. The minimum absolute atomic E-state index is 0. The van der Waals surface area contributed by atoms with Gasteiger partial charge in [0.25, 0.3) is 0 Å². The zero-order chi connectivity index (χ0) is 14.1. The van der Waals surface area contributed by atoms with E-state index in [1.165, 1.54) is 5.56 Å². The van der Waals surface area contributed by atoms with Gasteiger partial charge in [0.1, 0.15) is 5.60 Å². The first-order chi connectivity index (χ1) is 8.97. The van der Waals surface area contributed by atoms with E-state index in [0.717, 1.165) is 19.5 Å². The fourth-order valence-electron chi connectivity index (χ4n) is 1.55. The van der Waals surface area contributed by atoms with Gasteiger partial charge in [0, 0.05) is 13.1 Å². The highest BCUT2D eigenvalue weighted by Gasteiger charge is 2.15. The summed E-state index contributed by atoms with van der Waals surface area (Å²) in [5.74, 6) is 0. The van der Waals surface area contributed by atoms with E-state index in [2.05, 4.69) is 22.8 Å². The van der Waals surface area contributed by atoms with Crippen LogP contribution in [0.3, 0.4) is 0 Å². The highest BCUT2D eigenvalue weighted by molar-refractivity contribution is 5.85. The maximum absolute atomic E-state index is 11.4. The molecule has 1 rings (SSSR count). The van der Waals surface area contributed by atoms with Gasteiger partial charge in [0.05, 0.1) is 0 Å². The molecule has 0 fully saturated rings. The van der Waals surface area contributed by atoms with Gasteiger partial charge in [0.15, 0.2) is 0 Å². The summed E-state index contributed by atoms with van der Waals surface area (Å²) >= 11 is 0. The van der Waals surface area contributed by atoms with E-state index in [1.807, 2.05) is 39.0 Å². The molecule has 0 aliphatic heterocycles. The molecule has 0 atom stereocenters. The highest BCUT2D eigenvalue weighted by atomic mass is 35.5. The molecule has 0 aliphatic rings. The molecule has 1 aromatic carbocycles. The molecule has 0 radical (unpaired) electrons. The molecule has 0 saturated heterocycles. The Morgan fingerprint density at radius 3 is 2.40 bits per heavy atom. The summed E-state index contributed by atoms with van der Waals surface area (Å²) in [7, 11) is 0. The van der Waals surface area contributed by atoms with Crippen LogP contribution in [0.2, 0.25) is 0 Å². The monoisotopic (exact) mass is 300 g/mol. The number of nitrogens with one attached hydrogen (secondary N) is 2. The van der Waals surface area contributed by atoms with Crippen molar-refractivity contribution < 1.29 is 9.53 Å². The predicted octanol–water partition coefficient (Wildman–Crippen LogP) is 3.11. The molecule has 0 saturated carbocycles. The lowest BCUT2D eigenvalue weighted by molar-refractivity contribution is 0.0527. The second-order valence-electron chi connectivity index (χ2n) is 5.44. The van der Waals surface area contributed by atoms with Crippen LogP contribution in [0.4, 0.5) is 4.79 Å². The van der Waals surface area contributed by atoms with Crippen molar-refractivity contribution >= 4 is 18.5 Å². The largest absolute Gasteiger partial charge is 0.444 e. The van der Waals surface area contributed by atoms with E-state index in [-0.39, 0.29) is 18.5 Å². The Balaban J connectivity index is 0.00000361. The number of alkyl carbamates (subject to hydrolysis) is 1. The van der Waals surface area contributed by atoms with Crippen molar-refractivity contribution in [2.75, 3.05) is 13.1 Å². The molecule has 0 aromatic heterocycles. The Hall–Kier alpha value is -1.26. The van der Waals surface area contributed by atoms with E-state index in [1.54, 1.807) is 0 Å². The van der Waals surface area contributed by atoms with Crippen LogP contribution >= 0.6 is 12.4 Å². The van der Waals surface area contributed by atoms with Gasteiger partial charge in [-0.15, -0.1) is 12.4 Å². The summed E-state index contributed by atoms with van der Waals surface area (Å²) in [5.41, 5.74) is 0.831. The molecule has 1 aromatic rings. The SMILES string of the molecule is CC(C)(C)OC(=O)NCCCNCc1ccccc1.Cl. The van der Waals surface area contributed by atoms with E-state index >= 15 is 0 Å². The summed E-state index contributed by atoms with van der Waals surface area (Å²) in [6, 6.07) is 10.2. The predicted molar refractivity (Wildman–Crippen MR) is 84.3 cm³/mol. The van der Waals surface area contributed by atoms with Crippen molar-refractivity contribution in [1.82, 2.24) is 10.6 Å². The maximum Gasteiger partial charge on any atom is 0.407 e. The molecule has 0 unspecified atom stereocenters. The molecule has 2 N–H and O–H groups in total. The third kappa shape index (κ3) is 9.64. The van der Waals surface area contributed by atoms with Crippen LogP contribution in [0.15, 0.2) is 30.3 Å². The van der Waals surface area contributed by atoms with Gasteiger partial charge in [-0.25, -0.2) is 4.79 Å². The second-order valence-corrected chi connectivity index (χ2v) is 5.44. The van der Waals surface area contributed by atoms with E-state index < -0.39 is 5.60 Å². The Kier molecular flexibility index (Phi) is 9.01. The van der Waals surface area contributed by atoms with Crippen molar-refractivity contribution in [3.05, 3.63) is 35.9 Å². The molecule has 0 heterocycles. The van der Waals surface area contributed by atoms with Gasteiger partial charge in [-0.1, -0.05) is 30.3 Å². The number of amides is 1. The summed E-state index contributed by atoms with van der Waals surface area (Å²) < 4.78 is 5.14. The molecule has 5 heteroatoms.